The first kappa shape index (κ1) is 27.4. The topological polar surface area (TPSA) is 3.24 Å². The van der Waals surface area contributed by atoms with Gasteiger partial charge in [0.2, 0.25) is 0 Å². The summed E-state index contributed by atoms with van der Waals surface area (Å²) in [5.41, 5.74) is 12.2. The second-order valence-corrected chi connectivity index (χ2v) is 11.9. The van der Waals surface area contributed by atoms with E-state index in [2.05, 4.69) is 183 Å². The number of anilines is 2. The van der Waals surface area contributed by atoms with Gasteiger partial charge in [0.25, 0.3) is 0 Å². The van der Waals surface area contributed by atoms with Gasteiger partial charge in [-0.1, -0.05) is 154 Å². The third-order valence-electron chi connectivity index (χ3n) is 8.87. The molecule has 0 amide bonds. The van der Waals surface area contributed by atoms with Gasteiger partial charge in [-0.3, -0.25) is 0 Å². The first-order valence-corrected chi connectivity index (χ1v) is 15.2. The summed E-state index contributed by atoms with van der Waals surface area (Å²) in [4.78, 5) is 2.38. The van der Waals surface area contributed by atoms with Crippen LogP contribution >= 0.6 is 0 Å². The van der Waals surface area contributed by atoms with Crippen LogP contribution in [0.15, 0.2) is 171 Å². The molecule has 6 aromatic rings. The Morgan fingerprint density at radius 1 is 0.659 bits per heavy atom. The van der Waals surface area contributed by atoms with Crippen molar-refractivity contribution in [2.24, 2.45) is 0 Å². The van der Waals surface area contributed by atoms with Gasteiger partial charge in [-0.05, 0) is 68.6 Å². The van der Waals surface area contributed by atoms with E-state index in [1.165, 1.54) is 49.8 Å². The first-order chi connectivity index (χ1) is 21.6. The van der Waals surface area contributed by atoms with Crippen LogP contribution in [0.25, 0.3) is 38.6 Å². The molecule has 1 aliphatic rings. The Morgan fingerprint density at radius 3 is 2.05 bits per heavy atom. The average Bonchev–Trinajstić information content (AvgIpc) is 3.30. The zero-order valence-electron chi connectivity index (χ0n) is 25.2. The quantitative estimate of drug-likeness (QED) is 0.174. The monoisotopic (exact) mass is 565 g/mol. The standard InChI is InChI=1S/C43H35N/c1-4-15-31(32-16-7-5-8-17-32)28-29-44(36-26-24-34(25-27-36)33-18-9-6-10-19-33)42-37-21-12-11-20-35(37)30-40-41(42)38-22-13-14-23-39(38)43(40,2)3/h4-30H,1H2,2-3H3/b29-28-,31-15+. The van der Waals surface area contributed by atoms with Gasteiger partial charge in [0.15, 0.2) is 0 Å². The lowest BCUT2D eigenvalue weighted by Crippen LogP contribution is -2.16. The Bertz CT molecular complexity index is 2030. The molecule has 7 rings (SSSR count). The lowest BCUT2D eigenvalue weighted by Gasteiger charge is -2.28. The van der Waals surface area contributed by atoms with Crippen LogP contribution in [0.3, 0.4) is 0 Å². The molecule has 0 fully saturated rings. The maximum absolute atomic E-state index is 4.01. The van der Waals surface area contributed by atoms with Crippen LogP contribution in [0.4, 0.5) is 11.4 Å². The predicted molar refractivity (Wildman–Crippen MR) is 189 cm³/mol. The zero-order valence-corrected chi connectivity index (χ0v) is 25.2. The van der Waals surface area contributed by atoms with Gasteiger partial charge in [-0.25, -0.2) is 0 Å². The maximum Gasteiger partial charge on any atom is 0.0615 e. The molecule has 0 unspecified atom stereocenters. The van der Waals surface area contributed by atoms with Gasteiger partial charge in [0.05, 0.1) is 5.69 Å². The van der Waals surface area contributed by atoms with Gasteiger partial charge in [-0.15, -0.1) is 0 Å². The fraction of sp³-hybridized carbons (Fsp3) is 0.0698. The van der Waals surface area contributed by atoms with Gasteiger partial charge in [0, 0.05) is 28.3 Å². The molecule has 0 spiro atoms. The van der Waals surface area contributed by atoms with Crippen LogP contribution in [0.2, 0.25) is 0 Å². The average molecular weight is 566 g/mol. The minimum Gasteiger partial charge on any atom is -0.316 e. The van der Waals surface area contributed by atoms with Crippen LogP contribution < -0.4 is 4.90 Å². The summed E-state index contributed by atoms with van der Waals surface area (Å²) in [5.74, 6) is 0. The molecule has 0 aliphatic heterocycles. The molecule has 0 atom stereocenters. The molecule has 0 saturated carbocycles. The van der Waals surface area contributed by atoms with Crippen molar-refractivity contribution in [1.29, 1.82) is 0 Å². The Kier molecular flexibility index (Phi) is 7.08. The molecule has 212 valence electrons. The highest BCUT2D eigenvalue weighted by Crippen LogP contribution is 2.55. The third kappa shape index (κ3) is 4.77. The molecule has 0 N–H and O–H groups in total. The maximum atomic E-state index is 4.01. The number of benzene rings is 6. The van der Waals surface area contributed by atoms with E-state index >= 15 is 0 Å². The molecular formula is C43H35N. The van der Waals surface area contributed by atoms with Crippen molar-refractivity contribution in [3.8, 4) is 22.3 Å². The number of nitrogens with zero attached hydrogens (tertiary/aromatic N) is 1. The van der Waals surface area contributed by atoms with Gasteiger partial charge in [0.1, 0.15) is 0 Å². The van der Waals surface area contributed by atoms with Crippen molar-refractivity contribution in [1.82, 2.24) is 0 Å². The largest absolute Gasteiger partial charge is 0.316 e. The van der Waals surface area contributed by atoms with E-state index in [-0.39, 0.29) is 5.41 Å². The molecule has 1 heteroatoms. The van der Waals surface area contributed by atoms with Crippen LogP contribution in [0.1, 0.15) is 30.5 Å². The summed E-state index contributed by atoms with van der Waals surface area (Å²) in [5, 5.41) is 2.47. The Balaban J connectivity index is 1.49. The first-order valence-electron chi connectivity index (χ1n) is 15.2. The minimum absolute atomic E-state index is 0.116. The molecule has 0 radical (unpaired) electrons. The van der Waals surface area contributed by atoms with E-state index in [1.807, 2.05) is 6.08 Å². The Hall–Kier alpha value is -5.40. The van der Waals surface area contributed by atoms with Crippen molar-refractivity contribution in [3.05, 3.63) is 187 Å². The molecule has 0 saturated heterocycles. The van der Waals surface area contributed by atoms with E-state index in [4.69, 9.17) is 0 Å². The van der Waals surface area contributed by atoms with Crippen LogP contribution in [0, 0.1) is 0 Å². The van der Waals surface area contributed by atoms with Crippen LogP contribution in [-0.4, -0.2) is 0 Å². The highest BCUT2D eigenvalue weighted by molar-refractivity contribution is 6.08. The van der Waals surface area contributed by atoms with E-state index in [1.54, 1.807) is 0 Å². The summed E-state index contributed by atoms with van der Waals surface area (Å²) in [6.07, 6.45) is 8.38. The van der Waals surface area contributed by atoms with E-state index in [0.717, 1.165) is 16.8 Å². The number of hydrogen-bond acceptors (Lipinski definition) is 1. The van der Waals surface area contributed by atoms with Gasteiger partial charge >= 0.3 is 0 Å². The number of allylic oxidation sites excluding steroid dienone is 4. The number of rotatable bonds is 7. The molecule has 6 aromatic carbocycles. The Labute approximate surface area is 260 Å². The van der Waals surface area contributed by atoms with Crippen molar-refractivity contribution < 1.29 is 0 Å². The van der Waals surface area contributed by atoms with Crippen LogP contribution in [0.5, 0.6) is 0 Å². The summed E-state index contributed by atoms with van der Waals surface area (Å²) in [6, 6.07) is 50.1. The molecule has 1 aliphatic carbocycles. The molecule has 0 heterocycles. The number of fused-ring (bicyclic) bond motifs is 4. The fourth-order valence-corrected chi connectivity index (χ4v) is 6.63. The second kappa shape index (κ2) is 11.4. The minimum atomic E-state index is -0.116. The zero-order chi connectivity index (χ0) is 30.1. The number of hydrogen-bond donors (Lipinski definition) is 0. The van der Waals surface area contributed by atoms with E-state index in [0.29, 0.717) is 0 Å². The Morgan fingerprint density at radius 2 is 1.30 bits per heavy atom. The molecule has 44 heavy (non-hydrogen) atoms. The molecule has 0 bridgehead atoms. The van der Waals surface area contributed by atoms with Gasteiger partial charge < -0.3 is 4.90 Å². The molecule has 1 nitrogen and oxygen atoms in total. The molecular weight excluding hydrogens is 530 g/mol. The lowest BCUT2D eigenvalue weighted by atomic mass is 9.81. The second-order valence-electron chi connectivity index (χ2n) is 11.9. The summed E-state index contributed by atoms with van der Waals surface area (Å²) < 4.78 is 0. The highest BCUT2D eigenvalue weighted by atomic mass is 15.1. The molecule has 0 aromatic heterocycles. The van der Waals surface area contributed by atoms with Crippen molar-refractivity contribution >= 4 is 27.7 Å². The van der Waals surface area contributed by atoms with Crippen molar-refractivity contribution in [2.45, 2.75) is 19.3 Å². The SMILES string of the molecule is C=C/C=C(\C=C/N(c1ccc(-c2ccccc2)cc1)c1c2c(cc3ccccc13)C(C)(C)c1ccccc1-2)c1ccccc1. The van der Waals surface area contributed by atoms with Crippen LogP contribution in [-0.2, 0) is 5.41 Å². The van der Waals surface area contributed by atoms with Gasteiger partial charge in [-0.2, -0.15) is 0 Å². The smallest absolute Gasteiger partial charge is 0.0615 e. The normalized spacial score (nSPS) is 13.5. The predicted octanol–water partition coefficient (Wildman–Crippen LogP) is 11.7. The fourth-order valence-electron chi connectivity index (χ4n) is 6.63. The van der Waals surface area contributed by atoms with Crippen molar-refractivity contribution in [2.75, 3.05) is 4.90 Å². The lowest BCUT2D eigenvalue weighted by molar-refractivity contribution is 0.661. The summed E-state index contributed by atoms with van der Waals surface area (Å²) in [7, 11) is 0. The summed E-state index contributed by atoms with van der Waals surface area (Å²) in [6.45, 7) is 8.72. The van der Waals surface area contributed by atoms with E-state index < -0.39 is 0 Å². The van der Waals surface area contributed by atoms with E-state index in [9.17, 15) is 0 Å². The van der Waals surface area contributed by atoms with Crippen molar-refractivity contribution in [3.63, 3.8) is 0 Å². The summed E-state index contributed by atoms with van der Waals surface area (Å²) >= 11 is 0. The third-order valence-corrected chi connectivity index (χ3v) is 8.87. The highest BCUT2D eigenvalue weighted by Gasteiger charge is 2.38.